The summed E-state index contributed by atoms with van der Waals surface area (Å²) < 4.78 is 2.02. The maximum Gasteiger partial charge on any atom is 0.0625 e. The van der Waals surface area contributed by atoms with E-state index in [1.807, 2.05) is 4.68 Å². The van der Waals surface area contributed by atoms with Crippen molar-refractivity contribution >= 4 is 0 Å². The second kappa shape index (κ2) is 4.45. The van der Waals surface area contributed by atoms with Crippen molar-refractivity contribution in [2.75, 3.05) is 0 Å². The molecule has 0 saturated carbocycles. The fourth-order valence-corrected chi connectivity index (χ4v) is 1.41. The van der Waals surface area contributed by atoms with Crippen molar-refractivity contribution in [1.82, 2.24) is 9.78 Å². The molecule has 0 saturated heterocycles. The van der Waals surface area contributed by atoms with Crippen LogP contribution in [0.15, 0.2) is 6.20 Å². The number of nitrogens with zero attached hydrogens (tertiary/aromatic N) is 2. The number of aryl methyl sites for hydroxylation is 3. The van der Waals surface area contributed by atoms with Gasteiger partial charge in [0, 0.05) is 12.7 Å². The molecule has 0 spiro atoms. The van der Waals surface area contributed by atoms with Crippen LogP contribution in [0.3, 0.4) is 0 Å². The van der Waals surface area contributed by atoms with Crippen molar-refractivity contribution < 1.29 is 0 Å². The summed E-state index contributed by atoms with van der Waals surface area (Å²) in [5, 5.41) is 4.42. The second-order valence-electron chi connectivity index (χ2n) is 4.03. The molecule has 0 bridgehead atoms. The second-order valence-corrected chi connectivity index (χ2v) is 4.03. The first-order chi connectivity index (χ1) is 6.13. The molecule has 0 fully saturated rings. The molecule has 0 aromatic carbocycles. The molecule has 74 valence electrons. The highest BCUT2D eigenvalue weighted by Gasteiger charge is 2.04. The van der Waals surface area contributed by atoms with Gasteiger partial charge >= 0.3 is 0 Å². The molecule has 1 aromatic heterocycles. The van der Waals surface area contributed by atoms with Crippen molar-refractivity contribution in [3.05, 3.63) is 17.5 Å². The quantitative estimate of drug-likeness (QED) is 0.696. The Labute approximate surface area is 81.0 Å². The zero-order valence-corrected chi connectivity index (χ0v) is 9.17. The monoisotopic (exact) mass is 180 g/mol. The summed E-state index contributed by atoms with van der Waals surface area (Å²) in [5.74, 6) is 0.782. The maximum absolute atomic E-state index is 4.42. The van der Waals surface area contributed by atoms with Gasteiger partial charge in [-0.1, -0.05) is 13.8 Å². The van der Waals surface area contributed by atoms with Crippen LogP contribution < -0.4 is 0 Å². The Morgan fingerprint density at radius 2 is 2.15 bits per heavy atom. The molecular formula is C11H20N2. The standard InChI is InChI=1S/C11H20N2/c1-5-13-8-11(10(4)12-13)7-6-9(2)3/h8-9H,5-7H2,1-4H3. The number of hydrogen-bond acceptors (Lipinski definition) is 1. The lowest BCUT2D eigenvalue weighted by Crippen LogP contribution is -1.93. The molecule has 2 heteroatoms. The summed E-state index contributed by atoms with van der Waals surface area (Å²) in [6, 6.07) is 0. The first kappa shape index (κ1) is 10.3. The van der Waals surface area contributed by atoms with Gasteiger partial charge in [-0.3, -0.25) is 4.68 Å². The van der Waals surface area contributed by atoms with Crippen LogP contribution in [0.25, 0.3) is 0 Å². The van der Waals surface area contributed by atoms with Crippen LogP contribution in [0, 0.1) is 12.8 Å². The van der Waals surface area contributed by atoms with Crippen molar-refractivity contribution in [3.63, 3.8) is 0 Å². The summed E-state index contributed by atoms with van der Waals surface area (Å²) in [5.41, 5.74) is 2.61. The summed E-state index contributed by atoms with van der Waals surface area (Å²) >= 11 is 0. The fourth-order valence-electron chi connectivity index (χ4n) is 1.41. The van der Waals surface area contributed by atoms with Crippen molar-refractivity contribution in [2.45, 2.75) is 47.1 Å². The Bertz CT molecular complexity index is 261. The van der Waals surface area contributed by atoms with Crippen LogP contribution in [-0.2, 0) is 13.0 Å². The molecule has 0 unspecified atom stereocenters. The maximum atomic E-state index is 4.42. The Hall–Kier alpha value is -0.790. The van der Waals surface area contributed by atoms with E-state index >= 15 is 0 Å². The van der Waals surface area contributed by atoms with Crippen LogP contribution in [0.5, 0.6) is 0 Å². The van der Waals surface area contributed by atoms with Crippen LogP contribution in [0.1, 0.15) is 38.4 Å². The average molecular weight is 180 g/mol. The van der Waals surface area contributed by atoms with Crippen molar-refractivity contribution in [1.29, 1.82) is 0 Å². The first-order valence-corrected chi connectivity index (χ1v) is 5.16. The van der Waals surface area contributed by atoms with E-state index in [9.17, 15) is 0 Å². The zero-order chi connectivity index (χ0) is 9.84. The van der Waals surface area contributed by atoms with Crippen LogP contribution >= 0.6 is 0 Å². The molecule has 0 amide bonds. The molecule has 0 radical (unpaired) electrons. The third-order valence-corrected chi connectivity index (χ3v) is 2.36. The van der Waals surface area contributed by atoms with E-state index in [-0.39, 0.29) is 0 Å². The highest BCUT2D eigenvalue weighted by Crippen LogP contribution is 2.12. The van der Waals surface area contributed by atoms with Crippen LogP contribution in [-0.4, -0.2) is 9.78 Å². The lowest BCUT2D eigenvalue weighted by atomic mass is 10.0. The van der Waals surface area contributed by atoms with Gasteiger partial charge in [0.2, 0.25) is 0 Å². The lowest BCUT2D eigenvalue weighted by Gasteiger charge is -2.02. The molecule has 0 aliphatic heterocycles. The minimum atomic E-state index is 0.782. The Morgan fingerprint density at radius 3 is 2.62 bits per heavy atom. The van der Waals surface area contributed by atoms with E-state index in [1.54, 1.807) is 0 Å². The van der Waals surface area contributed by atoms with Gasteiger partial charge < -0.3 is 0 Å². The minimum absolute atomic E-state index is 0.782. The summed E-state index contributed by atoms with van der Waals surface area (Å²) in [4.78, 5) is 0. The molecule has 13 heavy (non-hydrogen) atoms. The van der Waals surface area contributed by atoms with E-state index in [0.29, 0.717) is 0 Å². The average Bonchev–Trinajstić information content (AvgIpc) is 2.43. The lowest BCUT2D eigenvalue weighted by molar-refractivity contribution is 0.585. The third kappa shape index (κ3) is 2.87. The highest BCUT2D eigenvalue weighted by molar-refractivity contribution is 5.15. The zero-order valence-electron chi connectivity index (χ0n) is 9.17. The highest BCUT2D eigenvalue weighted by atomic mass is 15.3. The predicted molar refractivity (Wildman–Crippen MR) is 55.8 cm³/mol. The van der Waals surface area contributed by atoms with Gasteiger partial charge in [0.05, 0.1) is 5.69 Å². The van der Waals surface area contributed by atoms with Gasteiger partial charge in [-0.05, 0) is 38.2 Å². The molecule has 0 aliphatic carbocycles. The number of rotatable bonds is 4. The molecule has 2 nitrogen and oxygen atoms in total. The minimum Gasteiger partial charge on any atom is -0.272 e. The van der Waals surface area contributed by atoms with Crippen molar-refractivity contribution in [2.24, 2.45) is 5.92 Å². The van der Waals surface area contributed by atoms with Gasteiger partial charge in [0.1, 0.15) is 0 Å². The van der Waals surface area contributed by atoms with Gasteiger partial charge in [-0.15, -0.1) is 0 Å². The van der Waals surface area contributed by atoms with E-state index in [2.05, 4.69) is 39.0 Å². The molecule has 1 aromatic rings. The number of hydrogen-bond donors (Lipinski definition) is 0. The predicted octanol–water partition coefficient (Wildman–Crippen LogP) is 2.80. The molecule has 1 rings (SSSR count). The van der Waals surface area contributed by atoms with E-state index in [1.165, 1.54) is 24.1 Å². The Morgan fingerprint density at radius 1 is 1.46 bits per heavy atom. The largest absolute Gasteiger partial charge is 0.272 e. The topological polar surface area (TPSA) is 17.8 Å². The van der Waals surface area contributed by atoms with Crippen LogP contribution in [0.2, 0.25) is 0 Å². The Kier molecular flexibility index (Phi) is 3.52. The molecule has 1 heterocycles. The summed E-state index contributed by atoms with van der Waals surface area (Å²) in [6.45, 7) is 9.72. The fraction of sp³-hybridized carbons (Fsp3) is 0.727. The molecule has 0 atom stereocenters. The van der Waals surface area contributed by atoms with Crippen molar-refractivity contribution in [3.8, 4) is 0 Å². The first-order valence-electron chi connectivity index (χ1n) is 5.16. The molecular weight excluding hydrogens is 160 g/mol. The van der Waals surface area contributed by atoms with Gasteiger partial charge in [-0.25, -0.2) is 0 Å². The third-order valence-electron chi connectivity index (χ3n) is 2.36. The van der Waals surface area contributed by atoms with E-state index in [4.69, 9.17) is 0 Å². The van der Waals surface area contributed by atoms with Gasteiger partial charge in [-0.2, -0.15) is 5.10 Å². The normalized spacial score (nSPS) is 11.2. The SMILES string of the molecule is CCn1cc(CCC(C)C)c(C)n1. The summed E-state index contributed by atoms with van der Waals surface area (Å²) in [6.07, 6.45) is 4.61. The number of aromatic nitrogens is 2. The van der Waals surface area contributed by atoms with E-state index in [0.717, 1.165) is 12.5 Å². The molecule has 0 aliphatic rings. The van der Waals surface area contributed by atoms with E-state index < -0.39 is 0 Å². The van der Waals surface area contributed by atoms with Gasteiger partial charge in [0.15, 0.2) is 0 Å². The molecule has 0 N–H and O–H groups in total. The van der Waals surface area contributed by atoms with Crippen LogP contribution in [0.4, 0.5) is 0 Å². The Balaban J connectivity index is 2.60. The smallest absolute Gasteiger partial charge is 0.0625 e. The van der Waals surface area contributed by atoms with Gasteiger partial charge in [0.25, 0.3) is 0 Å². The summed E-state index contributed by atoms with van der Waals surface area (Å²) in [7, 11) is 0.